The van der Waals surface area contributed by atoms with Crippen LogP contribution in [0.4, 0.5) is 0 Å². The van der Waals surface area contributed by atoms with Crippen molar-refractivity contribution >= 4 is 21.6 Å². The van der Waals surface area contributed by atoms with E-state index in [1.54, 1.807) is 11.3 Å². The smallest absolute Gasteiger partial charge is 0.280 e. The van der Waals surface area contributed by atoms with Gasteiger partial charge in [-0.3, -0.25) is 4.79 Å². The van der Waals surface area contributed by atoms with Crippen molar-refractivity contribution < 1.29 is 4.74 Å². The molecule has 0 aliphatic carbocycles. The van der Waals surface area contributed by atoms with Crippen LogP contribution in [-0.2, 0) is 30.6 Å². The SMILES string of the molecule is CC1(C)Cc2c(sc3nc(CCc4ccccc4)n(N)c(=O)c23)CO1. The summed E-state index contributed by atoms with van der Waals surface area (Å²) in [4.78, 5) is 19.4. The predicted molar refractivity (Wildman–Crippen MR) is 100 cm³/mol. The first kappa shape index (κ1) is 16.3. The Morgan fingerprint density at radius 2 is 2.04 bits per heavy atom. The molecule has 5 nitrogen and oxygen atoms in total. The maximum absolute atomic E-state index is 12.9. The molecule has 0 unspecified atom stereocenters. The molecule has 0 saturated carbocycles. The van der Waals surface area contributed by atoms with E-state index in [4.69, 9.17) is 15.6 Å². The first-order valence-corrected chi connectivity index (χ1v) is 9.25. The fraction of sp³-hybridized carbons (Fsp3) is 0.368. The van der Waals surface area contributed by atoms with E-state index in [-0.39, 0.29) is 11.2 Å². The molecular weight excluding hydrogens is 334 g/mol. The van der Waals surface area contributed by atoms with Gasteiger partial charge in [-0.2, -0.15) is 0 Å². The van der Waals surface area contributed by atoms with Crippen LogP contribution in [-0.4, -0.2) is 15.3 Å². The number of aryl methyl sites for hydroxylation is 2. The van der Waals surface area contributed by atoms with E-state index in [2.05, 4.69) is 12.1 Å². The highest BCUT2D eigenvalue weighted by molar-refractivity contribution is 7.18. The Morgan fingerprint density at radius 1 is 1.28 bits per heavy atom. The van der Waals surface area contributed by atoms with Crippen LogP contribution < -0.4 is 11.4 Å². The second-order valence-electron chi connectivity index (χ2n) is 7.10. The second kappa shape index (κ2) is 5.97. The predicted octanol–water partition coefficient (Wildman–Crippen LogP) is 2.81. The van der Waals surface area contributed by atoms with E-state index >= 15 is 0 Å². The van der Waals surface area contributed by atoms with Crippen molar-refractivity contribution in [3.63, 3.8) is 0 Å². The molecule has 0 bridgehead atoms. The van der Waals surface area contributed by atoms with Gasteiger partial charge in [0.2, 0.25) is 0 Å². The summed E-state index contributed by atoms with van der Waals surface area (Å²) < 4.78 is 7.09. The highest BCUT2D eigenvalue weighted by atomic mass is 32.1. The van der Waals surface area contributed by atoms with Gasteiger partial charge in [0.25, 0.3) is 5.56 Å². The van der Waals surface area contributed by atoms with Gasteiger partial charge in [-0.05, 0) is 31.4 Å². The number of rotatable bonds is 3. The van der Waals surface area contributed by atoms with Gasteiger partial charge >= 0.3 is 0 Å². The van der Waals surface area contributed by atoms with Gasteiger partial charge in [-0.15, -0.1) is 11.3 Å². The summed E-state index contributed by atoms with van der Waals surface area (Å²) >= 11 is 1.55. The van der Waals surface area contributed by atoms with E-state index in [0.717, 1.165) is 21.7 Å². The molecule has 4 rings (SSSR count). The molecule has 25 heavy (non-hydrogen) atoms. The van der Waals surface area contributed by atoms with Gasteiger partial charge in [0.05, 0.1) is 17.6 Å². The minimum Gasteiger partial charge on any atom is -0.370 e. The van der Waals surface area contributed by atoms with Crippen LogP contribution in [0.25, 0.3) is 10.2 Å². The number of benzene rings is 1. The average Bonchev–Trinajstić information content (AvgIpc) is 2.94. The van der Waals surface area contributed by atoms with E-state index < -0.39 is 0 Å². The van der Waals surface area contributed by atoms with Gasteiger partial charge in [0, 0.05) is 17.7 Å². The molecule has 3 aromatic rings. The molecule has 1 aliphatic heterocycles. The number of thiophene rings is 1. The molecule has 0 amide bonds. The number of hydrogen-bond donors (Lipinski definition) is 1. The number of hydrogen-bond acceptors (Lipinski definition) is 5. The van der Waals surface area contributed by atoms with E-state index in [0.29, 0.717) is 30.7 Å². The molecule has 1 aromatic carbocycles. The lowest BCUT2D eigenvalue weighted by atomic mass is 9.94. The number of nitrogen functional groups attached to an aromatic ring is 1. The number of nitrogens with two attached hydrogens (primary N) is 1. The molecular formula is C19H21N3O2S. The summed E-state index contributed by atoms with van der Waals surface area (Å²) in [7, 11) is 0. The van der Waals surface area contributed by atoms with Crippen LogP contribution in [0.5, 0.6) is 0 Å². The first-order chi connectivity index (χ1) is 11.9. The molecule has 0 saturated heterocycles. The minimum atomic E-state index is -0.265. The Labute approximate surface area is 150 Å². The molecule has 2 aromatic heterocycles. The molecule has 130 valence electrons. The zero-order valence-electron chi connectivity index (χ0n) is 14.4. The fourth-order valence-electron chi connectivity index (χ4n) is 3.32. The van der Waals surface area contributed by atoms with Crippen LogP contribution in [0, 0.1) is 0 Å². The van der Waals surface area contributed by atoms with Crippen LogP contribution >= 0.6 is 11.3 Å². The van der Waals surface area contributed by atoms with Crippen molar-refractivity contribution in [1.82, 2.24) is 9.66 Å². The molecule has 0 fully saturated rings. The summed E-state index contributed by atoms with van der Waals surface area (Å²) in [5, 5.41) is 0.669. The van der Waals surface area contributed by atoms with Crippen molar-refractivity contribution in [1.29, 1.82) is 0 Å². The van der Waals surface area contributed by atoms with Crippen molar-refractivity contribution in [2.75, 3.05) is 5.84 Å². The number of aromatic nitrogens is 2. The first-order valence-electron chi connectivity index (χ1n) is 8.44. The lowest BCUT2D eigenvalue weighted by molar-refractivity contribution is -0.0379. The highest BCUT2D eigenvalue weighted by Crippen LogP contribution is 2.36. The number of nitrogens with zero attached hydrogens (tertiary/aromatic N) is 2. The third-order valence-electron chi connectivity index (χ3n) is 4.69. The van der Waals surface area contributed by atoms with Crippen molar-refractivity contribution in [2.24, 2.45) is 0 Å². The topological polar surface area (TPSA) is 70.1 Å². The van der Waals surface area contributed by atoms with Crippen LogP contribution in [0.1, 0.15) is 35.7 Å². The molecule has 3 heterocycles. The van der Waals surface area contributed by atoms with Crippen LogP contribution in [0.2, 0.25) is 0 Å². The Hall–Kier alpha value is -2.18. The Balaban J connectivity index is 1.74. The summed E-state index contributed by atoms with van der Waals surface area (Å²) in [5.74, 6) is 6.71. The summed E-state index contributed by atoms with van der Waals surface area (Å²) in [5.41, 5.74) is 1.85. The van der Waals surface area contributed by atoms with Crippen LogP contribution in [0.3, 0.4) is 0 Å². The molecule has 0 atom stereocenters. The van der Waals surface area contributed by atoms with E-state index in [1.165, 1.54) is 10.2 Å². The molecule has 0 radical (unpaired) electrons. The molecule has 6 heteroatoms. The van der Waals surface area contributed by atoms with E-state index in [9.17, 15) is 4.79 Å². The second-order valence-corrected chi connectivity index (χ2v) is 8.18. The lowest BCUT2D eigenvalue weighted by Gasteiger charge is -2.29. The van der Waals surface area contributed by atoms with Gasteiger partial charge in [0.1, 0.15) is 10.7 Å². The molecule has 0 spiro atoms. The molecule has 1 aliphatic rings. The fourth-order valence-corrected chi connectivity index (χ4v) is 4.44. The zero-order chi connectivity index (χ0) is 17.6. The monoisotopic (exact) mass is 355 g/mol. The number of ether oxygens (including phenoxy) is 1. The third-order valence-corrected chi connectivity index (χ3v) is 5.79. The van der Waals surface area contributed by atoms with Gasteiger partial charge in [-0.25, -0.2) is 9.66 Å². The van der Waals surface area contributed by atoms with Gasteiger partial charge in [0.15, 0.2) is 0 Å². The van der Waals surface area contributed by atoms with Crippen molar-refractivity contribution in [3.05, 3.63) is 62.5 Å². The van der Waals surface area contributed by atoms with Gasteiger partial charge in [-0.1, -0.05) is 30.3 Å². The van der Waals surface area contributed by atoms with Crippen molar-refractivity contribution in [2.45, 2.75) is 45.3 Å². The number of fused-ring (bicyclic) bond motifs is 3. The van der Waals surface area contributed by atoms with E-state index in [1.807, 2.05) is 32.0 Å². The maximum Gasteiger partial charge on any atom is 0.280 e. The average molecular weight is 355 g/mol. The minimum absolute atomic E-state index is 0.150. The Kier molecular flexibility index (Phi) is 3.89. The Bertz CT molecular complexity index is 989. The third kappa shape index (κ3) is 2.96. The highest BCUT2D eigenvalue weighted by Gasteiger charge is 2.31. The maximum atomic E-state index is 12.9. The zero-order valence-corrected chi connectivity index (χ0v) is 15.2. The summed E-state index contributed by atoms with van der Waals surface area (Å²) in [6.45, 7) is 4.62. The lowest BCUT2D eigenvalue weighted by Crippen LogP contribution is -2.34. The largest absolute Gasteiger partial charge is 0.370 e. The standard InChI is InChI=1S/C19H21N3O2S/c1-19(2)10-13-14(11-24-19)25-17-16(13)18(23)22(20)15(21-17)9-8-12-6-4-3-5-7-12/h3-7H,8-11,20H2,1-2H3. The normalized spacial score (nSPS) is 16.1. The summed E-state index contributed by atoms with van der Waals surface area (Å²) in [6, 6.07) is 10.2. The molecule has 2 N–H and O–H groups in total. The summed E-state index contributed by atoms with van der Waals surface area (Å²) in [6.07, 6.45) is 2.15. The van der Waals surface area contributed by atoms with Crippen LogP contribution in [0.15, 0.2) is 35.1 Å². The quantitative estimate of drug-likeness (QED) is 0.734. The van der Waals surface area contributed by atoms with Gasteiger partial charge < -0.3 is 10.6 Å². The Morgan fingerprint density at radius 3 is 2.80 bits per heavy atom. The van der Waals surface area contributed by atoms with Crippen molar-refractivity contribution in [3.8, 4) is 0 Å².